The normalized spacial score (nSPS) is 12.7. The molecule has 0 saturated carbocycles. The van der Waals surface area contributed by atoms with E-state index in [0.717, 1.165) is 19.4 Å². The first-order valence-corrected chi connectivity index (χ1v) is 6.52. The minimum absolute atomic E-state index is 0.0535. The minimum Gasteiger partial charge on any atom is -0.481 e. The topological polar surface area (TPSA) is 40.5 Å². The van der Waals surface area contributed by atoms with E-state index in [1.54, 1.807) is 0 Å². The molecule has 1 aromatic rings. The highest BCUT2D eigenvalue weighted by molar-refractivity contribution is 5.67. The van der Waals surface area contributed by atoms with Crippen molar-refractivity contribution in [3.8, 4) is 0 Å². The summed E-state index contributed by atoms with van der Waals surface area (Å²) >= 11 is 0. The van der Waals surface area contributed by atoms with Crippen LogP contribution in [0.1, 0.15) is 37.8 Å². The van der Waals surface area contributed by atoms with Crippen LogP contribution < -0.4 is 0 Å². The maximum absolute atomic E-state index is 10.7. The molecule has 0 bridgehead atoms. The molecule has 0 radical (unpaired) electrons. The Hall–Kier alpha value is -1.35. The summed E-state index contributed by atoms with van der Waals surface area (Å²) in [6, 6.07) is 8.64. The molecule has 3 heteroatoms. The van der Waals surface area contributed by atoms with Gasteiger partial charge in [-0.25, -0.2) is 0 Å². The van der Waals surface area contributed by atoms with Crippen LogP contribution in [0, 0.1) is 0 Å². The molecule has 0 saturated heterocycles. The first kappa shape index (κ1) is 14.7. The van der Waals surface area contributed by atoms with E-state index < -0.39 is 5.97 Å². The van der Waals surface area contributed by atoms with Gasteiger partial charge in [0, 0.05) is 12.6 Å². The lowest BCUT2D eigenvalue weighted by Gasteiger charge is -2.23. The molecule has 1 N–H and O–H groups in total. The molecule has 0 amide bonds. The van der Waals surface area contributed by atoms with Crippen LogP contribution in [0.25, 0.3) is 0 Å². The smallest absolute Gasteiger partial charge is 0.304 e. The highest BCUT2D eigenvalue weighted by Crippen LogP contribution is 2.11. The van der Waals surface area contributed by atoms with Gasteiger partial charge in [0.25, 0.3) is 0 Å². The summed E-state index contributed by atoms with van der Waals surface area (Å²) in [5, 5.41) is 8.77. The van der Waals surface area contributed by atoms with Crippen molar-refractivity contribution in [3.05, 3.63) is 35.4 Å². The Bertz CT molecular complexity index is 373. The summed E-state index contributed by atoms with van der Waals surface area (Å²) in [5.41, 5.74) is 2.59. The molecule has 1 aromatic carbocycles. The number of hydrogen-bond acceptors (Lipinski definition) is 2. The molecule has 1 atom stereocenters. The molecule has 0 fully saturated rings. The number of rotatable bonds is 7. The second kappa shape index (κ2) is 7.17. The second-order valence-electron chi connectivity index (χ2n) is 4.93. The Labute approximate surface area is 109 Å². The quantitative estimate of drug-likeness (QED) is 0.807. The average molecular weight is 249 g/mol. The van der Waals surface area contributed by atoms with E-state index in [4.69, 9.17) is 5.11 Å². The number of aryl methyl sites for hydroxylation is 1. The number of benzene rings is 1. The molecule has 0 heterocycles. The van der Waals surface area contributed by atoms with Crippen LogP contribution in [0.5, 0.6) is 0 Å². The van der Waals surface area contributed by atoms with Crippen LogP contribution in [-0.4, -0.2) is 29.1 Å². The second-order valence-corrected chi connectivity index (χ2v) is 4.93. The molecule has 0 aliphatic heterocycles. The van der Waals surface area contributed by atoms with Crippen LogP contribution in [-0.2, 0) is 17.8 Å². The first-order chi connectivity index (χ1) is 8.52. The van der Waals surface area contributed by atoms with Crippen LogP contribution in [0.15, 0.2) is 24.3 Å². The molecule has 0 spiro atoms. The van der Waals surface area contributed by atoms with E-state index in [0.29, 0.717) is 0 Å². The number of carboxylic acids is 1. The lowest BCUT2D eigenvalue weighted by molar-refractivity contribution is -0.138. The summed E-state index contributed by atoms with van der Waals surface area (Å²) in [6.45, 7) is 4.91. The molecular weight excluding hydrogens is 226 g/mol. The number of hydrogen-bond donors (Lipinski definition) is 1. The van der Waals surface area contributed by atoms with Crippen LogP contribution in [0.2, 0.25) is 0 Å². The SMILES string of the molecule is CCCc1ccc(CN(C)C(C)CC(=O)O)cc1. The van der Waals surface area contributed by atoms with Gasteiger partial charge in [0.2, 0.25) is 0 Å². The minimum atomic E-state index is -0.743. The number of carboxylic acid groups (broad SMARTS) is 1. The van der Waals surface area contributed by atoms with E-state index in [9.17, 15) is 4.79 Å². The molecule has 1 rings (SSSR count). The fourth-order valence-corrected chi connectivity index (χ4v) is 1.95. The highest BCUT2D eigenvalue weighted by Gasteiger charge is 2.13. The Morgan fingerprint density at radius 1 is 1.28 bits per heavy atom. The van der Waals surface area contributed by atoms with Crippen molar-refractivity contribution in [2.24, 2.45) is 0 Å². The number of nitrogens with zero attached hydrogens (tertiary/aromatic N) is 1. The predicted molar refractivity (Wildman–Crippen MR) is 73.6 cm³/mol. The fourth-order valence-electron chi connectivity index (χ4n) is 1.95. The molecular formula is C15H23NO2. The van der Waals surface area contributed by atoms with Crippen LogP contribution >= 0.6 is 0 Å². The van der Waals surface area contributed by atoms with E-state index in [-0.39, 0.29) is 12.5 Å². The maximum atomic E-state index is 10.7. The van der Waals surface area contributed by atoms with Gasteiger partial charge >= 0.3 is 5.97 Å². The standard InChI is InChI=1S/C15H23NO2/c1-4-5-13-6-8-14(9-7-13)11-16(3)12(2)10-15(17)18/h6-9,12H,4-5,10-11H2,1-3H3,(H,17,18). The number of carbonyl (C=O) groups is 1. The highest BCUT2D eigenvalue weighted by atomic mass is 16.4. The van der Waals surface area contributed by atoms with E-state index in [1.165, 1.54) is 11.1 Å². The molecule has 0 aliphatic rings. The van der Waals surface area contributed by atoms with Gasteiger partial charge in [0.15, 0.2) is 0 Å². The predicted octanol–water partition coefficient (Wildman–Crippen LogP) is 2.93. The van der Waals surface area contributed by atoms with Crippen molar-refractivity contribution in [1.29, 1.82) is 0 Å². The Balaban J connectivity index is 2.53. The number of aliphatic carboxylic acids is 1. The molecule has 100 valence electrons. The van der Waals surface area contributed by atoms with Gasteiger partial charge in [-0.05, 0) is 31.5 Å². The Morgan fingerprint density at radius 2 is 1.83 bits per heavy atom. The monoisotopic (exact) mass is 249 g/mol. The Kier molecular flexibility index (Phi) is 5.86. The summed E-state index contributed by atoms with van der Waals surface area (Å²) in [6.07, 6.45) is 2.46. The van der Waals surface area contributed by atoms with Crippen molar-refractivity contribution in [2.75, 3.05) is 7.05 Å². The van der Waals surface area contributed by atoms with Gasteiger partial charge in [0.1, 0.15) is 0 Å². The zero-order valence-corrected chi connectivity index (χ0v) is 11.5. The molecule has 0 aromatic heterocycles. The van der Waals surface area contributed by atoms with Crippen molar-refractivity contribution in [2.45, 2.75) is 45.7 Å². The van der Waals surface area contributed by atoms with E-state index in [2.05, 4.69) is 36.1 Å². The van der Waals surface area contributed by atoms with Gasteiger partial charge in [-0.3, -0.25) is 9.69 Å². The van der Waals surface area contributed by atoms with E-state index >= 15 is 0 Å². The van der Waals surface area contributed by atoms with Gasteiger partial charge in [-0.15, -0.1) is 0 Å². The molecule has 1 unspecified atom stereocenters. The van der Waals surface area contributed by atoms with Crippen molar-refractivity contribution >= 4 is 5.97 Å². The van der Waals surface area contributed by atoms with Gasteiger partial charge < -0.3 is 5.11 Å². The average Bonchev–Trinajstić information content (AvgIpc) is 2.31. The fraction of sp³-hybridized carbons (Fsp3) is 0.533. The first-order valence-electron chi connectivity index (χ1n) is 6.52. The lowest BCUT2D eigenvalue weighted by Crippen LogP contribution is -2.30. The zero-order valence-electron chi connectivity index (χ0n) is 11.5. The van der Waals surface area contributed by atoms with Crippen molar-refractivity contribution in [1.82, 2.24) is 4.90 Å². The summed E-state index contributed by atoms with van der Waals surface area (Å²) in [4.78, 5) is 12.7. The third-order valence-electron chi connectivity index (χ3n) is 3.22. The third kappa shape index (κ3) is 4.88. The van der Waals surface area contributed by atoms with Crippen LogP contribution in [0.3, 0.4) is 0 Å². The largest absolute Gasteiger partial charge is 0.481 e. The van der Waals surface area contributed by atoms with Crippen molar-refractivity contribution in [3.63, 3.8) is 0 Å². The summed E-state index contributed by atoms with van der Waals surface area (Å²) in [7, 11) is 1.97. The van der Waals surface area contributed by atoms with Crippen molar-refractivity contribution < 1.29 is 9.90 Å². The van der Waals surface area contributed by atoms with E-state index in [1.807, 2.05) is 14.0 Å². The van der Waals surface area contributed by atoms with Gasteiger partial charge in [-0.1, -0.05) is 37.6 Å². The zero-order chi connectivity index (χ0) is 13.5. The molecule has 0 aliphatic carbocycles. The Morgan fingerprint density at radius 3 is 2.33 bits per heavy atom. The summed E-state index contributed by atoms with van der Waals surface area (Å²) in [5.74, 6) is -0.743. The van der Waals surface area contributed by atoms with Gasteiger partial charge in [-0.2, -0.15) is 0 Å². The molecule has 18 heavy (non-hydrogen) atoms. The molecule has 3 nitrogen and oxygen atoms in total. The van der Waals surface area contributed by atoms with Gasteiger partial charge in [0.05, 0.1) is 6.42 Å². The third-order valence-corrected chi connectivity index (χ3v) is 3.22. The summed E-state index contributed by atoms with van der Waals surface area (Å²) < 4.78 is 0. The van der Waals surface area contributed by atoms with Crippen LogP contribution in [0.4, 0.5) is 0 Å². The lowest BCUT2D eigenvalue weighted by atomic mass is 10.1. The maximum Gasteiger partial charge on any atom is 0.304 e.